The molecule has 0 radical (unpaired) electrons. The van der Waals surface area contributed by atoms with E-state index >= 15 is 0 Å². The van der Waals surface area contributed by atoms with E-state index in [0.29, 0.717) is 12.1 Å². The maximum atomic E-state index is 11.9. The molecule has 0 fully saturated rings. The zero-order valence-corrected chi connectivity index (χ0v) is 12.2. The lowest BCUT2D eigenvalue weighted by Gasteiger charge is -2.08. The summed E-state index contributed by atoms with van der Waals surface area (Å²) >= 11 is 7.52. The summed E-state index contributed by atoms with van der Waals surface area (Å²) in [6, 6.07) is 6.03. The number of thioether (sulfide) groups is 1. The van der Waals surface area contributed by atoms with Gasteiger partial charge in [0.1, 0.15) is 4.90 Å². The molecule has 0 aliphatic carbocycles. The van der Waals surface area contributed by atoms with Crippen LogP contribution >= 0.6 is 23.4 Å². The lowest BCUT2D eigenvalue weighted by atomic mass is 10.2. The molecule has 1 rings (SSSR count). The summed E-state index contributed by atoms with van der Waals surface area (Å²) in [5.41, 5.74) is 0.335. The summed E-state index contributed by atoms with van der Waals surface area (Å²) in [6.45, 7) is 0.375. The predicted molar refractivity (Wildman–Crippen MR) is 74.4 cm³/mol. The zero-order chi connectivity index (χ0) is 13.6. The quantitative estimate of drug-likeness (QED) is 0.818. The first-order valence-corrected chi connectivity index (χ1v) is 8.45. The number of nitriles is 1. The second-order valence-electron chi connectivity index (χ2n) is 3.50. The molecule has 0 saturated heterocycles. The van der Waals surface area contributed by atoms with Crippen molar-refractivity contribution in [1.29, 1.82) is 5.26 Å². The van der Waals surface area contributed by atoms with Crippen molar-refractivity contribution >= 4 is 33.4 Å². The Morgan fingerprint density at radius 3 is 2.78 bits per heavy atom. The van der Waals surface area contributed by atoms with Crippen LogP contribution in [0.5, 0.6) is 0 Å². The summed E-state index contributed by atoms with van der Waals surface area (Å²) in [6.07, 6.45) is 2.72. The van der Waals surface area contributed by atoms with Crippen LogP contribution in [0.4, 0.5) is 0 Å². The standard InChI is InChI=1S/C11H13ClN2O2S2/c1-17-6-2-5-14-18(15,16)11-4-3-9(8-13)7-10(11)12/h3-4,7,14H,2,5-6H2,1H3. The molecular weight excluding hydrogens is 292 g/mol. The monoisotopic (exact) mass is 304 g/mol. The first kappa shape index (κ1) is 15.3. The second-order valence-corrected chi connectivity index (χ2v) is 6.63. The van der Waals surface area contributed by atoms with Gasteiger partial charge in [0, 0.05) is 6.54 Å². The van der Waals surface area contributed by atoms with E-state index in [1.807, 2.05) is 12.3 Å². The van der Waals surface area contributed by atoms with E-state index in [0.717, 1.165) is 12.2 Å². The summed E-state index contributed by atoms with van der Waals surface area (Å²) < 4.78 is 26.3. The Hall–Kier alpha value is -0.740. The number of halogens is 1. The Bertz CT molecular complexity index is 553. The van der Waals surface area contributed by atoms with Crippen LogP contribution in [0.2, 0.25) is 5.02 Å². The number of sulfonamides is 1. The molecule has 0 spiro atoms. The zero-order valence-electron chi connectivity index (χ0n) is 9.81. The minimum absolute atomic E-state index is 0.00678. The molecule has 4 nitrogen and oxygen atoms in total. The minimum Gasteiger partial charge on any atom is -0.211 e. The molecule has 0 atom stereocenters. The minimum atomic E-state index is -3.60. The third-order valence-electron chi connectivity index (χ3n) is 2.17. The van der Waals surface area contributed by atoms with Crippen molar-refractivity contribution in [3.63, 3.8) is 0 Å². The molecule has 7 heteroatoms. The first-order valence-electron chi connectivity index (χ1n) is 5.19. The molecule has 1 N–H and O–H groups in total. The van der Waals surface area contributed by atoms with E-state index < -0.39 is 10.0 Å². The number of hydrogen-bond acceptors (Lipinski definition) is 4. The van der Waals surface area contributed by atoms with Crippen LogP contribution in [-0.4, -0.2) is 27.0 Å². The van der Waals surface area contributed by atoms with Gasteiger partial charge in [0.2, 0.25) is 10.0 Å². The van der Waals surface area contributed by atoms with E-state index in [9.17, 15) is 8.42 Å². The molecule has 0 aliphatic heterocycles. The maximum Gasteiger partial charge on any atom is 0.242 e. The summed E-state index contributed by atoms with van der Waals surface area (Å²) in [7, 11) is -3.60. The summed E-state index contributed by atoms with van der Waals surface area (Å²) in [5, 5.41) is 8.74. The molecular formula is C11H13ClN2O2S2. The van der Waals surface area contributed by atoms with Crippen molar-refractivity contribution in [3.05, 3.63) is 28.8 Å². The maximum absolute atomic E-state index is 11.9. The van der Waals surface area contributed by atoms with Crippen LogP contribution in [0.1, 0.15) is 12.0 Å². The van der Waals surface area contributed by atoms with Gasteiger partial charge in [0.05, 0.1) is 16.7 Å². The molecule has 1 aromatic carbocycles. The number of benzene rings is 1. The lowest BCUT2D eigenvalue weighted by Crippen LogP contribution is -2.25. The lowest BCUT2D eigenvalue weighted by molar-refractivity contribution is 0.581. The fourth-order valence-corrected chi connectivity index (χ4v) is 3.34. The summed E-state index contributed by atoms with van der Waals surface area (Å²) in [4.78, 5) is 0.00678. The van der Waals surface area contributed by atoms with Crippen LogP contribution in [0.25, 0.3) is 0 Å². The number of rotatable bonds is 6. The van der Waals surface area contributed by atoms with Crippen LogP contribution in [0, 0.1) is 11.3 Å². The third kappa shape index (κ3) is 4.18. The Kier molecular flexibility index (Phi) is 5.96. The van der Waals surface area contributed by atoms with Crippen molar-refractivity contribution in [2.45, 2.75) is 11.3 Å². The topological polar surface area (TPSA) is 70.0 Å². The smallest absolute Gasteiger partial charge is 0.211 e. The largest absolute Gasteiger partial charge is 0.242 e. The van der Waals surface area contributed by atoms with Gasteiger partial charge in [0.15, 0.2) is 0 Å². The Balaban J connectivity index is 2.82. The van der Waals surface area contributed by atoms with E-state index in [2.05, 4.69) is 4.72 Å². The predicted octanol–water partition coefficient (Wildman–Crippen LogP) is 2.24. The van der Waals surface area contributed by atoms with Crippen molar-refractivity contribution in [2.75, 3.05) is 18.6 Å². The Morgan fingerprint density at radius 1 is 1.50 bits per heavy atom. The average Bonchev–Trinajstić information content (AvgIpc) is 2.34. The van der Waals surface area contributed by atoms with Gasteiger partial charge < -0.3 is 0 Å². The van der Waals surface area contributed by atoms with E-state index in [4.69, 9.17) is 16.9 Å². The average molecular weight is 305 g/mol. The van der Waals surface area contributed by atoms with Crippen LogP contribution in [0.3, 0.4) is 0 Å². The third-order valence-corrected chi connectivity index (χ3v) is 4.81. The second kappa shape index (κ2) is 7.00. The summed E-state index contributed by atoms with van der Waals surface area (Å²) in [5.74, 6) is 0.892. The van der Waals surface area contributed by atoms with Crippen LogP contribution < -0.4 is 4.72 Å². The van der Waals surface area contributed by atoms with Crippen molar-refractivity contribution in [3.8, 4) is 6.07 Å². The van der Waals surface area contributed by atoms with Gasteiger partial charge >= 0.3 is 0 Å². The van der Waals surface area contributed by atoms with Gasteiger partial charge in [0.25, 0.3) is 0 Å². The normalized spacial score (nSPS) is 11.2. The van der Waals surface area contributed by atoms with Gasteiger partial charge in [-0.25, -0.2) is 13.1 Å². The van der Waals surface area contributed by atoms with Gasteiger partial charge in [-0.05, 0) is 36.6 Å². The van der Waals surface area contributed by atoms with Crippen molar-refractivity contribution < 1.29 is 8.42 Å². The van der Waals surface area contributed by atoms with Crippen LogP contribution in [-0.2, 0) is 10.0 Å². The fourth-order valence-electron chi connectivity index (χ4n) is 1.29. The SMILES string of the molecule is CSCCCNS(=O)(=O)c1ccc(C#N)cc1Cl. The van der Waals surface area contributed by atoms with Crippen LogP contribution in [0.15, 0.2) is 23.1 Å². The highest BCUT2D eigenvalue weighted by Gasteiger charge is 2.17. The molecule has 18 heavy (non-hydrogen) atoms. The molecule has 0 saturated carbocycles. The van der Waals surface area contributed by atoms with Gasteiger partial charge in [-0.15, -0.1) is 0 Å². The van der Waals surface area contributed by atoms with Gasteiger partial charge in [-0.3, -0.25) is 0 Å². The first-order chi connectivity index (χ1) is 8.51. The molecule has 0 amide bonds. The molecule has 0 aromatic heterocycles. The Morgan fingerprint density at radius 2 is 2.22 bits per heavy atom. The van der Waals surface area contributed by atoms with Crippen molar-refractivity contribution in [1.82, 2.24) is 4.72 Å². The highest BCUT2D eigenvalue weighted by atomic mass is 35.5. The molecule has 0 aliphatic rings. The van der Waals surface area contributed by atoms with Gasteiger partial charge in [-0.2, -0.15) is 17.0 Å². The molecule has 0 heterocycles. The molecule has 1 aromatic rings. The van der Waals surface area contributed by atoms with Gasteiger partial charge in [-0.1, -0.05) is 11.6 Å². The number of nitrogens with zero attached hydrogens (tertiary/aromatic N) is 1. The van der Waals surface area contributed by atoms with E-state index in [1.165, 1.54) is 18.2 Å². The van der Waals surface area contributed by atoms with Crippen molar-refractivity contribution in [2.24, 2.45) is 0 Å². The highest BCUT2D eigenvalue weighted by Crippen LogP contribution is 2.22. The van der Waals surface area contributed by atoms with E-state index in [-0.39, 0.29) is 9.92 Å². The number of hydrogen-bond donors (Lipinski definition) is 1. The molecule has 0 unspecified atom stereocenters. The molecule has 0 bridgehead atoms. The van der Waals surface area contributed by atoms with E-state index in [1.54, 1.807) is 11.8 Å². The highest BCUT2D eigenvalue weighted by molar-refractivity contribution is 7.98. The molecule has 98 valence electrons. The fraction of sp³-hybridized carbons (Fsp3) is 0.364. The number of nitrogens with one attached hydrogen (secondary N) is 1. The Labute approximate surface area is 116 Å².